The summed E-state index contributed by atoms with van der Waals surface area (Å²) in [5, 5.41) is 110. The van der Waals surface area contributed by atoms with Gasteiger partial charge in [-0.05, 0) is 25.2 Å². The average molecular weight is 1490 g/mol. The molecule has 25 heteroatoms. The van der Waals surface area contributed by atoms with Gasteiger partial charge in [0, 0.05) is 19.3 Å². The number of phosphoric ester groups is 1. The van der Waals surface area contributed by atoms with Crippen LogP contribution in [-0.4, -0.2) is 204 Å². The van der Waals surface area contributed by atoms with Gasteiger partial charge in [0.05, 0.1) is 13.2 Å². The second-order valence-electron chi connectivity index (χ2n) is 29.8. The van der Waals surface area contributed by atoms with Crippen LogP contribution in [0.1, 0.15) is 336 Å². The van der Waals surface area contributed by atoms with Crippen molar-refractivity contribution >= 4 is 25.7 Å². The lowest BCUT2D eigenvalue weighted by molar-refractivity contribution is -0.360. The zero-order valence-electron chi connectivity index (χ0n) is 63.3. The minimum Gasteiger partial charge on any atom is -0.463 e. The van der Waals surface area contributed by atoms with Gasteiger partial charge in [-0.15, -0.1) is 0 Å². The molecule has 0 aromatic heterocycles. The molecule has 2 heterocycles. The Labute approximate surface area is 612 Å². The molecule has 0 amide bonds. The first kappa shape index (κ1) is 94.2. The summed E-state index contributed by atoms with van der Waals surface area (Å²) < 4.78 is 65.3. The number of esters is 3. The number of unbranched alkanes of at least 4 members (excludes halogenated alkanes) is 39. The third kappa shape index (κ3) is 40.4. The van der Waals surface area contributed by atoms with Crippen LogP contribution < -0.4 is 0 Å². The molecule has 0 spiro atoms. The molecule has 2 aliphatic heterocycles. The van der Waals surface area contributed by atoms with Crippen LogP contribution in [0.5, 0.6) is 0 Å². The quantitative estimate of drug-likeness (QED) is 0.0117. The number of carbonyl (C=O) groups excluding carboxylic acids is 3. The average Bonchev–Trinajstić information content (AvgIpc) is 0.761. The van der Waals surface area contributed by atoms with E-state index in [0.717, 1.165) is 89.9 Å². The Morgan fingerprint density at radius 1 is 0.373 bits per heavy atom. The number of hydrogen-bond acceptors (Lipinski definition) is 23. The molecule has 19 unspecified atom stereocenters. The highest BCUT2D eigenvalue weighted by atomic mass is 31.2. The third-order valence-electron chi connectivity index (χ3n) is 20.5. The van der Waals surface area contributed by atoms with Crippen LogP contribution in [0.2, 0.25) is 0 Å². The molecule has 11 N–H and O–H groups in total. The van der Waals surface area contributed by atoms with E-state index in [1.54, 1.807) is 0 Å². The zero-order chi connectivity index (χ0) is 74.8. The lowest BCUT2D eigenvalue weighted by atomic mass is 9.84. The number of phosphoric acid groups is 1. The van der Waals surface area contributed by atoms with Crippen LogP contribution in [0.25, 0.3) is 0 Å². The highest BCUT2D eigenvalue weighted by molar-refractivity contribution is 7.47. The maximum absolute atomic E-state index is 14.4. The summed E-state index contributed by atoms with van der Waals surface area (Å²) in [6.45, 7) is 5.82. The lowest BCUT2D eigenvalue weighted by Gasteiger charge is -2.49. The minimum atomic E-state index is -5.70. The number of rotatable bonds is 64. The fraction of sp³-hybridized carbons (Fsp3) is 0.961. The van der Waals surface area contributed by atoms with Gasteiger partial charge in [0.2, 0.25) is 0 Å². The predicted molar refractivity (Wildman–Crippen MR) is 388 cm³/mol. The van der Waals surface area contributed by atoms with Gasteiger partial charge in [0.25, 0.3) is 0 Å². The van der Waals surface area contributed by atoms with Crippen LogP contribution in [0, 0.1) is 5.92 Å². The number of aliphatic hydroxyl groups is 10. The van der Waals surface area contributed by atoms with E-state index in [9.17, 15) is 74.9 Å². The van der Waals surface area contributed by atoms with E-state index in [-0.39, 0.29) is 19.3 Å². The fourth-order valence-corrected chi connectivity index (χ4v) is 14.8. The molecule has 1 saturated carbocycles. The molecule has 1 aliphatic carbocycles. The first-order valence-corrected chi connectivity index (χ1v) is 42.2. The van der Waals surface area contributed by atoms with Gasteiger partial charge >= 0.3 is 25.7 Å². The molecule has 0 aromatic carbocycles. The molecule has 0 radical (unpaired) electrons. The van der Waals surface area contributed by atoms with Crippen LogP contribution >= 0.6 is 7.82 Å². The Morgan fingerprint density at radius 3 is 1.06 bits per heavy atom. The summed E-state index contributed by atoms with van der Waals surface area (Å²) in [5.41, 5.74) is 0. The van der Waals surface area contributed by atoms with Crippen molar-refractivity contribution in [3.05, 3.63) is 0 Å². The van der Waals surface area contributed by atoms with Crippen LogP contribution in [0.4, 0.5) is 0 Å². The Kier molecular flexibility index (Phi) is 53.5. The van der Waals surface area contributed by atoms with Crippen LogP contribution in [0.15, 0.2) is 0 Å². The second kappa shape index (κ2) is 58.0. The summed E-state index contributed by atoms with van der Waals surface area (Å²) in [4.78, 5) is 51.2. The van der Waals surface area contributed by atoms with E-state index < -0.39 is 156 Å². The monoisotopic (exact) mass is 1480 g/mol. The minimum absolute atomic E-state index is 0.0334. The number of carbonyl (C=O) groups is 3. The van der Waals surface area contributed by atoms with Gasteiger partial charge in [-0.3, -0.25) is 23.4 Å². The smallest absolute Gasteiger partial charge is 0.463 e. The Morgan fingerprint density at radius 2 is 0.686 bits per heavy atom. The summed E-state index contributed by atoms with van der Waals surface area (Å²) in [7, 11) is -5.70. The van der Waals surface area contributed by atoms with Crippen molar-refractivity contribution in [1.29, 1.82) is 0 Å². The third-order valence-corrected chi connectivity index (χ3v) is 21.5. The van der Waals surface area contributed by atoms with E-state index in [4.69, 9.17) is 42.2 Å². The summed E-state index contributed by atoms with van der Waals surface area (Å²) >= 11 is 0. The van der Waals surface area contributed by atoms with Gasteiger partial charge in [-0.1, -0.05) is 297 Å². The molecule has 3 fully saturated rings. The molecule has 3 rings (SSSR count). The molecule has 2 saturated heterocycles. The molecule has 0 bridgehead atoms. The molecule has 24 nitrogen and oxygen atoms in total. The molecule has 602 valence electrons. The van der Waals surface area contributed by atoms with Crippen molar-refractivity contribution in [3.8, 4) is 0 Å². The maximum Gasteiger partial charge on any atom is 0.472 e. The van der Waals surface area contributed by atoms with E-state index in [1.165, 1.54) is 180 Å². The first-order chi connectivity index (χ1) is 49.2. The number of ether oxygens (including phenoxy) is 7. The predicted octanol–water partition coefficient (Wildman–Crippen LogP) is 12.4. The highest BCUT2D eigenvalue weighted by Gasteiger charge is 2.58. The normalized spacial score (nSPS) is 27.3. The lowest BCUT2D eigenvalue weighted by Crippen LogP contribution is -2.69. The molecular formula is C77H145O24P. The standard InChI is InChI=1S/C77H145O24P/c1-5-8-11-14-17-19-21-23-25-26-27-29-31-32-34-40-45-50-61(79)93-54-58(96-63(81)52-47-42-37-36-39-44-49-57(4)48-43-38-16-13-10-7-3)55-95-102(91,92)101-75-73(99-76-71(89)66(84)64(82)59(53-78)97-76)69(87)68(86)70(88)74(75)100-77-72(90)67(85)65(83)60(98-77)56-94-62(80)51-46-41-35-33-30-28-24-22-20-18-15-12-9-6-2/h57-60,64-78,82-90H,5-56H2,1-4H3,(H,91,92). The summed E-state index contributed by atoms with van der Waals surface area (Å²) in [6, 6.07) is 0. The van der Waals surface area contributed by atoms with Crippen LogP contribution in [0.3, 0.4) is 0 Å². The van der Waals surface area contributed by atoms with Crippen molar-refractivity contribution in [2.45, 2.75) is 440 Å². The Balaban J connectivity index is 1.71. The number of aliphatic hydroxyl groups excluding tert-OH is 10. The Bertz CT molecular complexity index is 2120. The van der Waals surface area contributed by atoms with Crippen molar-refractivity contribution in [2.24, 2.45) is 5.92 Å². The number of hydrogen-bond donors (Lipinski definition) is 11. The SMILES string of the molecule is CCCCCCCCCCCCCCCCCCCC(=O)OCC(COP(=O)(O)OC1C(OC2OC(CO)C(O)C(O)C2O)C(O)C(O)C(O)C1OC1OC(COC(=O)CCCCCCCCCCCCCCCC)C(O)C(O)C1O)OC(=O)CCCCCCCCC(C)CCCCCCCC. The molecule has 3 aliphatic rings. The summed E-state index contributed by atoms with van der Waals surface area (Å²) in [5.74, 6) is -1.29. The van der Waals surface area contributed by atoms with E-state index >= 15 is 0 Å². The molecule has 0 aromatic rings. The molecular weight excluding hydrogens is 1340 g/mol. The second-order valence-corrected chi connectivity index (χ2v) is 31.2. The van der Waals surface area contributed by atoms with Gasteiger partial charge in [0.1, 0.15) is 98.7 Å². The van der Waals surface area contributed by atoms with Crippen LogP contribution in [-0.2, 0) is 61.2 Å². The zero-order valence-corrected chi connectivity index (χ0v) is 64.2. The molecule has 102 heavy (non-hydrogen) atoms. The Hall–Kier alpha value is -2.04. The van der Waals surface area contributed by atoms with E-state index in [0.29, 0.717) is 25.2 Å². The summed E-state index contributed by atoms with van der Waals surface area (Å²) in [6.07, 6.45) is 15.7. The highest BCUT2D eigenvalue weighted by Crippen LogP contribution is 2.49. The fourth-order valence-electron chi connectivity index (χ4n) is 13.8. The van der Waals surface area contributed by atoms with Crippen molar-refractivity contribution in [2.75, 3.05) is 26.4 Å². The first-order valence-electron chi connectivity index (χ1n) is 40.7. The van der Waals surface area contributed by atoms with Gasteiger partial charge in [0.15, 0.2) is 18.7 Å². The van der Waals surface area contributed by atoms with Crippen molar-refractivity contribution < 1.29 is 117 Å². The molecule has 19 atom stereocenters. The van der Waals surface area contributed by atoms with Crippen molar-refractivity contribution in [1.82, 2.24) is 0 Å². The largest absolute Gasteiger partial charge is 0.472 e. The van der Waals surface area contributed by atoms with Crippen molar-refractivity contribution in [3.63, 3.8) is 0 Å². The van der Waals surface area contributed by atoms with E-state index in [1.807, 2.05) is 0 Å². The van der Waals surface area contributed by atoms with Gasteiger partial charge < -0.3 is 89.1 Å². The topological polar surface area (TPSA) is 374 Å². The van der Waals surface area contributed by atoms with Gasteiger partial charge in [-0.25, -0.2) is 4.57 Å². The maximum atomic E-state index is 14.4. The van der Waals surface area contributed by atoms with Gasteiger partial charge in [-0.2, -0.15) is 0 Å². The van der Waals surface area contributed by atoms with E-state index in [2.05, 4.69) is 27.7 Å².